The highest BCUT2D eigenvalue weighted by atomic mass is 19.3. The predicted molar refractivity (Wildman–Crippen MR) is 118 cm³/mol. The Balaban J connectivity index is 1.47. The Labute approximate surface area is 181 Å². The molecular weight excluding hydrogens is 382 g/mol. The highest BCUT2D eigenvalue weighted by Gasteiger charge is 2.45. The van der Waals surface area contributed by atoms with Gasteiger partial charge in [0.2, 0.25) is 0 Å². The van der Waals surface area contributed by atoms with Gasteiger partial charge >= 0.3 is 6.11 Å². The molecule has 0 bridgehead atoms. The summed E-state index contributed by atoms with van der Waals surface area (Å²) in [5, 5.41) is 9.86. The van der Waals surface area contributed by atoms with Crippen molar-refractivity contribution in [2.24, 2.45) is 23.7 Å². The summed E-state index contributed by atoms with van der Waals surface area (Å²) in [6, 6.07) is 3.00. The standard InChI is InChI=1S/C26H40F2O2/c1-4-5-6-7-20-8-10-21(11-9-20)22-12-14-23(15-13-22)26(27,28)30-24-16-18(2)25(29)19(3)17-24/h16-17,20-23,29H,4-15H2,1-3H3. The number of hydrogen-bond acceptors (Lipinski definition) is 2. The fourth-order valence-corrected chi connectivity index (χ4v) is 5.77. The molecule has 4 heteroatoms. The van der Waals surface area contributed by atoms with Crippen molar-refractivity contribution in [2.75, 3.05) is 0 Å². The molecular formula is C26H40F2O2. The lowest BCUT2D eigenvalue weighted by atomic mass is 9.68. The van der Waals surface area contributed by atoms with Gasteiger partial charge in [0.1, 0.15) is 11.5 Å². The lowest BCUT2D eigenvalue weighted by Gasteiger charge is -2.39. The third kappa shape index (κ3) is 5.88. The van der Waals surface area contributed by atoms with Gasteiger partial charge in [0, 0.05) is 0 Å². The number of phenolic OH excluding ortho intramolecular Hbond substituents is 1. The van der Waals surface area contributed by atoms with E-state index in [0.29, 0.717) is 29.9 Å². The van der Waals surface area contributed by atoms with Gasteiger partial charge in [-0.2, -0.15) is 8.78 Å². The largest absolute Gasteiger partial charge is 0.507 e. The van der Waals surface area contributed by atoms with Gasteiger partial charge in [-0.25, -0.2) is 0 Å². The van der Waals surface area contributed by atoms with Crippen LogP contribution in [0.2, 0.25) is 0 Å². The zero-order valence-electron chi connectivity index (χ0n) is 19.1. The summed E-state index contributed by atoms with van der Waals surface area (Å²) >= 11 is 0. The lowest BCUT2D eigenvalue weighted by Crippen LogP contribution is -2.38. The topological polar surface area (TPSA) is 29.5 Å². The van der Waals surface area contributed by atoms with Crippen LogP contribution in [0.3, 0.4) is 0 Å². The number of ether oxygens (including phenoxy) is 1. The molecule has 0 unspecified atom stereocenters. The van der Waals surface area contributed by atoms with Gasteiger partial charge in [-0.1, -0.05) is 45.4 Å². The van der Waals surface area contributed by atoms with Crippen LogP contribution >= 0.6 is 0 Å². The molecule has 0 aliphatic heterocycles. The molecule has 1 N–H and O–H groups in total. The molecule has 2 aliphatic carbocycles. The predicted octanol–water partition coefficient (Wildman–Crippen LogP) is 8.17. The molecule has 2 saturated carbocycles. The van der Waals surface area contributed by atoms with E-state index < -0.39 is 12.0 Å². The summed E-state index contributed by atoms with van der Waals surface area (Å²) in [6.07, 6.45) is 10.4. The smallest absolute Gasteiger partial charge is 0.400 e. The van der Waals surface area contributed by atoms with E-state index >= 15 is 0 Å². The van der Waals surface area contributed by atoms with E-state index in [-0.39, 0.29) is 11.5 Å². The molecule has 0 saturated heterocycles. The first-order chi connectivity index (χ1) is 14.3. The number of unbranched alkanes of at least 4 members (excludes halogenated alkanes) is 2. The lowest BCUT2D eigenvalue weighted by molar-refractivity contribution is -0.224. The molecule has 2 nitrogen and oxygen atoms in total. The number of phenols is 1. The maximum Gasteiger partial charge on any atom is 0.400 e. The van der Waals surface area contributed by atoms with E-state index in [4.69, 9.17) is 4.74 Å². The van der Waals surface area contributed by atoms with Gasteiger partial charge in [0.05, 0.1) is 5.92 Å². The first-order valence-corrected chi connectivity index (χ1v) is 12.2. The maximum absolute atomic E-state index is 14.8. The highest BCUT2D eigenvalue weighted by molar-refractivity contribution is 5.44. The van der Waals surface area contributed by atoms with Crippen molar-refractivity contribution in [1.29, 1.82) is 0 Å². The zero-order chi connectivity index (χ0) is 21.7. The van der Waals surface area contributed by atoms with Gasteiger partial charge in [-0.3, -0.25) is 0 Å². The molecule has 3 rings (SSSR count). The number of hydrogen-bond donors (Lipinski definition) is 1. The van der Waals surface area contributed by atoms with E-state index in [1.165, 1.54) is 63.5 Å². The summed E-state index contributed by atoms with van der Waals surface area (Å²) in [6.45, 7) is 5.67. The fraction of sp³-hybridized carbons (Fsp3) is 0.769. The van der Waals surface area contributed by atoms with Crippen LogP contribution < -0.4 is 4.74 Å². The summed E-state index contributed by atoms with van der Waals surface area (Å²) in [4.78, 5) is 0. The average Bonchev–Trinajstić information content (AvgIpc) is 2.72. The van der Waals surface area contributed by atoms with Crippen molar-refractivity contribution in [2.45, 2.75) is 104 Å². The van der Waals surface area contributed by atoms with Crippen LogP contribution in [0, 0.1) is 37.5 Å². The minimum absolute atomic E-state index is 0.145. The normalized spacial score (nSPS) is 27.8. The third-order valence-electron chi connectivity index (χ3n) is 7.74. The SMILES string of the molecule is CCCCCC1CCC(C2CCC(C(F)(F)Oc3cc(C)c(O)c(C)c3)CC2)CC1. The van der Waals surface area contributed by atoms with E-state index in [0.717, 1.165) is 24.7 Å². The van der Waals surface area contributed by atoms with Crippen LogP contribution in [0.5, 0.6) is 11.5 Å². The number of rotatable bonds is 8. The average molecular weight is 423 g/mol. The monoisotopic (exact) mass is 422 g/mol. The minimum Gasteiger partial charge on any atom is -0.507 e. The molecule has 1 aromatic rings. The third-order valence-corrected chi connectivity index (χ3v) is 7.74. The van der Waals surface area contributed by atoms with Gasteiger partial charge in [-0.15, -0.1) is 0 Å². The van der Waals surface area contributed by atoms with Crippen molar-refractivity contribution < 1.29 is 18.6 Å². The number of aryl methyl sites for hydroxylation is 2. The Morgan fingerprint density at radius 1 is 0.900 bits per heavy atom. The Kier molecular flexibility index (Phi) is 8.04. The molecule has 0 heterocycles. The van der Waals surface area contributed by atoms with Gasteiger partial charge in [0.25, 0.3) is 0 Å². The number of halogens is 2. The summed E-state index contributed by atoms with van der Waals surface area (Å²) in [5.74, 6) is 1.84. The quantitative estimate of drug-likeness (QED) is 0.428. The van der Waals surface area contributed by atoms with Crippen LogP contribution in [-0.4, -0.2) is 11.2 Å². The van der Waals surface area contributed by atoms with Gasteiger partial charge < -0.3 is 9.84 Å². The summed E-state index contributed by atoms with van der Waals surface area (Å²) < 4.78 is 34.8. The van der Waals surface area contributed by atoms with E-state index in [1.54, 1.807) is 13.8 Å². The second kappa shape index (κ2) is 10.3. The number of benzene rings is 1. The van der Waals surface area contributed by atoms with E-state index in [1.807, 2.05) is 0 Å². The highest BCUT2D eigenvalue weighted by Crippen LogP contribution is 2.46. The second-order valence-electron chi connectivity index (χ2n) is 9.96. The molecule has 0 spiro atoms. The molecule has 0 amide bonds. The molecule has 2 aliphatic rings. The van der Waals surface area contributed by atoms with Crippen molar-refractivity contribution in [3.05, 3.63) is 23.3 Å². The van der Waals surface area contributed by atoms with E-state index in [9.17, 15) is 13.9 Å². The molecule has 0 atom stereocenters. The Morgan fingerprint density at radius 3 is 1.97 bits per heavy atom. The van der Waals surface area contributed by atoms with Crippen LogP contribution in [0.25, 0.3) is 0 Å². The van der Waals surface area contributed by atoms with Crippen LogP contribution in [0.1, 0.15) is 95.1 Å². The van der Waals surface area contributed by atoms with Crippen LogP contribution in [0.15, 0.2) is 12.1 Å². The fourth-order valence-electron chi connectivity index (χ4n) is 5.77. The molecule has 170 valence electrons. The molecule has 1 aromatic carbocycles. The van der Waals surface area contributed by atoms with Crippen molar-refractivity contribution in [3.63, 3.8) is 0 Å². The minimum atomic E-state index is -3.15. The number of aromatic hydroxyl groups is 1. The first-order valence-electron chi connectivity index (χ1n) is 12.2. The van der Waals surface area contributed by atoms with Crippen LogP contribution in [0.4, 0.5) is 8.78 Å². The zero-order valence-corrected chi connectivity index (χ0v) is 19.1. The molecule has 0 radical (unpaired) electrons. The summed E-state index contributed by atoms with van der Waals surface area (Å²) in [5.41, 5.74) is 1.13. The van der Waals surface area contributed by atoms with E-state index in [2.05, 4.69) is 6.92 Å². The van der Waals surface area contributed by atoms with Crippen molar-refractivity contribution in [3.8, 4) is 11.5 Å². The van der Waals surface area contributed by atoms with Gasteiger partial charge in [0.15, 0.2) is 0 Å². The molecule has 30 heavy (non-hydrogen) atoms. The van der Waals surface area contributed by atoms with Crippen molar-refractivity contribution >= 4 is 0 Å². The van der Waals surface area contributed by atoms with Gasteiger partial charge in [-0.05, 0) is 93.4 Å². The molecule has 0 aromatic heterocycles. The molecule has 2 fully saturated rings. The Bertz CT molecular complexity index is 649. The Hall–Kier alpha value is -1.32. The van der Waals surface area contributed by atoms with Crippen LogP contribution in [-0.2, 0) is 0 Å². The maximum atomic E-state index is 14.8. The first kappa shape index (κ1) is 23.3. The summed E-state index contributed by atoms with van der Waals surface area (Å²) in [7, 11) is 0. The number of alkyl halides is 2. The Morgan fingerprint density at radius 2 is 1.43 bits per heavy atom. The van der Waals surface area contributed by atoms with Crippen molar-refractivity contribution in [1.82, 2.24) is 0 Å². The second-order valence-corrected chi connectivity index (χ2v) is 9.96.